The highest BCUT2D eigenvalue weighted by atomic mass is 16.1. The van der Waals surface area contributed by atoms with Crippen LogP contribution in [0.25, 0.3) is 0 Å². The van der Waals surface area contributed by atoms with Crippen LogP contribution in [0.1, 0.15) is 51.9 Å². The van der Waals surface area contributed by atoms with Gasteiger partial charge in [-0.1, -0.05) is 13.3 Å². The zero-order valence-corrected chi connectivity index (χ0v) is 8.44. The van der Waals surface area contributed by atoms with Crippen molar-refractivity contribution in [1.82, 2.24) is 0 Å². The molecule has 0 bridgehead atoms. The molecule has 13 heavy (non-hydrogen) atoms. The molecule has 3 nitrogen and oxygen atoms in total. The number of carbonyl (C=O) groups is 1. The van der Waals surface area contributed by atoms with E-state index < -0.39 is 0 Å². The summed E-state index contributed by atoms with van der Waals surface area (Å²) in [5.74, 6) is 0.616. The molecule has 0 fully saturated rings. The molecule has 0 spiro atoms. The lowest BCUT2D eigenvalue weighted by Crippen LogP contribution is -2.08. The fourth-order valence-electron chi connectivity index (χ4n) is 1.22. The Labute approximate surface area is 80.2 Å². The summed E-state index contributed by atoms with van der Waals surface area (Å²) in [5.41, 5.74) is 5.20. The highest BCUT2D eigenvalue weighted by Gasteiger charge is 1.99. The van der Waals surface area contributed by atoms with Crippen molar-refractivity contribution in [2.45, 2.75) is 51.9 Å². The van der Waals surface area contributed by atoms with Crippen LogP contribution in [0.15, 0.2) is 0 Å². The van der Waals surface area contributed by atoms with Crippen LogP contribution in [-0.4, -0.2) is 11.6 Å². The molecular weight excluding hydrogens is 164 g/mol. The molecular formula is C10H20N2O. The Morgan fingerprint density at radius 2 is 1.77 bits per heavy atom. The van der Waals surface area contributed by atoms with Crippen LogP contribution in [0.2, 0.25) is 0 Å². The number of Topliss-reactive ketones (excluding diaryl/α,β-unsaturated/α-hetero) is 1. The van der Waals surface area contributed by atoms with Gasteiger partial charge in [0.1, 0.15) is 5.78 Å². The Balaban J connectivity index is 3.16. The molecule has 3 heteroatoms. The number of unbranched alkanes of at least 4 members (excludes halogenated alkanes) is 2. The summed E-state index contributed by atoms with van der Waals surface area (Å²) >= 11 is 0. The van der Waals surface area contributed by atoms with E-state index in [4.69, 9.17) is 11.1 Å². The van der Waals surface area contributed by atoms with Crippen molar-refractivity contribution < 1.29 is 4.79 Å². The smallest absolute Gasteiger partial charge is 0.132 e. The molecule has 0 aliphatic carbocycles. The van der Waals surface area contributed by atoms with Crippen LogP contribution in [0.3, 0.4) is 0 Å². The van der Waals surface area contributed by atoms with Gasteiger partial charge in [-0.25, -0.2) is 0 Å². The molecule has 0 amide bonds. The standard InChI is InChI=1S/C10H20N2O/c1-2-6-9(13)7-4-3-5-8-10(11)12/h2-8H2,1H3,(H3,11,12). The first-order valence-corrected chi connectivity index (χ1v) is 5.01. The monoisotopic (exact) mass is 184 g/mol. The zero-order valence-electron chi connectivity index (χ0n) is 8.44. The van der Waals surface area contributed by atoms with Gasteiger partial charge in [-0.15, -0.1) is 0 Å². The minimum absolute atomic E-state index is 0.250. The minimum atomic E-state index is 0.250. The molecule has 0 unspecified atom stereocenters. The minimum Gasteiger partial charge on any atom is -0.388 e. The molecule has 0 saturated carbocycles. The maximum Gasteiger partial charge on any atom is 0.132 e. The molecule has 0 saturated heterocycles. The summed E-state index contributed by atoms with van der Waals surface area (Å²) in [5, 5.41) is 6.99. The summed E-state index contributed by atoms with van der Waals surface area (Å²) in [7, 11) is 0. The van der Waals surface area contributed by atoms with Gasteiger partial charge >= 0.3 is 0 Å². The number of nitrogens with one attached hydrogen (secondary N) is 1. The maximum atomic E-state index is 11.1. The van der Waals surface area contributed by atoms with Gasteiger partial charge in [-0.3, -0.25) is 10.2 Å². The Morgan fingerprint density at radius 3 is 2.31 bits per heavy atom. The summed E-state index contributed by atoms with van der Waals surface area (Å²) in [6.45, 7) is 2.02. The van der Waals surface area contributed by atoms with E-state index in [2.05, 4.69) is 0 Å². The first-order valence-electron chi connectivity index (χ1n) is 5.01. The van der Waals surface area contributed by atoms with Crippen molar-refractivity contribution in [3.05, 3.63) is 0 Å². The predicted molar refractivity (Wildman–Crippen MR) is 54.9 cm³/mol. The molecule has 3 N–H and O–H groups in total. The van der Waals surface area contributed by atoms with E-state index in [0.29, 0.717) is 25.0 Å². The second kappa shape index (κ2) is 7.77. The summed E-state index contributed by atoms with van der Waals surface area (Å²) < 4.78 is 0. The number of nitrogens with two attached hydrogens (primary N) is 1. The van der Waals surface area contributed by atoms with E-state index in [1.54, 1.807) is 0 Å². The quantitative estimate of drug-likeness (QED) is 0.345. The van der Waals surface area contributed by atoms with Gasteiger partial charge in [0.25, 0.3) is 0 Å². The molecule has 76 valence electrons. The molecule has 0 heterocycles. The van der Waals surface area contributed by atoms with Gasteiger partial charge in [0.2, 0.25) is 0 Å². The van der Waals surface area contributed by atoms with Crippen molar-refractivity contribution in [1.29, 1.82) is 5.41 Å². The summed E-state index contributed by atoms with van der Waals surface area (Å²) in [6.07, 6.45) is 5.93. The third kappa shape index (κ3) is 9.05. The van der Waals surface area contributed by atoms with Gasteiger partial charge in [0.15, 0.2) is 0 Å². The average molecular weight is 184 g/mol. The SMILES string of the molecule is CCCC(=O)CCCCCC(=N)N. The lowest BCUT2D eigenvalue weighted by atomic mass is 10.1. The topological polar surface area (TPSA) is 66.9 Å². The number of hydrogen-bond donors (Lipinski definition) is 2. The highest BCUT2D eigenvalue weighted by molar-refractivity contribution is 5.78. The van der Waals surface area contributed by atoms with Crippen LogP contribution in [-0.2, 0) is 4.79 Å². The Morgan fingerprint density at radius 1 is 1.15 bits per heavy atom. The van der Waals surface area contributed by atoms with Crippen LogP contribution >= 0.6 is 0 Å². The second-order valence-electron chi connectivity index (χ2n) is 3.37. The largest absolute Gasteiger partial charge is 0.388 e. The molecule has 0 radical (unpaired) electrons. The Hall–Kier alpha value is -0.860. The summed E-state index contributed by atoms with van der Waals surface area (Å²) in [6, 6.07) is 0. The first-order chi connectivity index (χ1) is 6.16. The maximum absolute atomic E-state index is 11.1. The fourth-order valence-corrected chi connectivity index (χ4v) is 1.22. The summed E-state index contributed by atoms with van der Waals surface area (Å²) in [4.78, 5) is 11.1. The molecule has 0 aromatic carbocycles. The van der Waals surface area contributed by atoms with E-state index in [9.17, 15) is 4.79 Å². The Bertz CT molecular complexity index is 166. The number of rotatable bonds is 8. The van der Waals surface area contributed by atoms with Crippen molar-refractivity contribution in [2.75, 3.05) is 0 Å². The number of hydrogen-bond acceptors (Lipinski definition) is 2. The van der Waals surface area contributed by atoms with E-state index in [-0.39, 0.29) is 5.84 Å². The molecule has 0 atom stereocenters. The lowest BCUT2D eigenvalue weighted by Gasteiger charge is -1.99. The van der Waals surface area contributed by atoms with Crippen LogP contribution < -0.4 is 5.73 Å². The van der Waals surface area contributed by atoms with Crippen molar-refractivity contribution >= 4 is 11.6 Å². The number of amidine groups is 1. The predicted octanol–water partition coefficient (Wildman–Crippen LogP) is 2.24. The highest BCUT2D eigenvalue weighted by Crippen LogP contribution is 2.05. The van der Waals surface area contributed by atoms with Crippen molar-refractivity contribution in [3.8, 4) is 0 Å². The van der Waals surface area contributed by atoms with Gasteiger partial charge in [-0.2, -0.15) is 0 Å². The number of carbonyl (C=O) groups excluding carboxylic acids is 1. The molecule has 0 aromatic rings. The van der Waals surface area contributed by atoms with Crippen molar-refractivity contribution in [3.63, 3.8) is 0 Å². The van der Waals surface area contributed by atoms with Gasteiger partial charge in [-0.05, 0) is 19.3 Å². The average Bonchev–Trinajstić information content (AvgIpc) is 2.03. The van der Waals surface area contributed by atoms with Crippen molar-refractivity contribution in [2.24, 2.45) is 5.73 Å². The van der Waals surface area contributed by atoms with E-state index in [0.717, 1.165) is 25.7 Å². The van der Waals surface area contributed by atoms with E-state index in [1.165, 1.54) is 0 Å². The van der Waals surface area contributed by atoms with E-state index >= 15 is 0 Å². The third-order valence-electron chi connectivity index (χ3n) is 1.93. The first kappa shape index (κ1) is 12.1. The van der Waals surface area contributed by atoms with Gasteiger partial charge in [0.05, 0.1) is 5.84 Å². The molecule has 0 aromatic heterocycles. The molecule has 0 rings (SSSR count). The Kier molecular flexibility index (Phi) is 7.26. The normalized spacial score (nSPS) is 9.92. The van der Waals surface area contributed by atoms with Crippen LogP contribution in [0.5, 0.6) is 0 Å². The third-order valence-corrected chi connectivity index (χ3v) is 1.93. The lowest BCUT2D eigenvalue weighted by molar-refractivity contribution is -0.119. The van der Waals surface area contributed by atoms with Crippen LogP contribution in [0, 0.1) is 5.41 Å². The second-order valence-corrected chi connectivity index (χ2v) is 3.37. The fraction of sp³-hybridized carbons (Fsp3) is 0.800. The van der Waals surface area contributed by atoms with Crippen LogP contribution in [0.4, 0.5) is 0 Å². The van der Waals surface area contributed by atoms with E-state index in [1.807, 2.05) is 6.92 Å². The van der Waals surface area contributed by atoms with Gasteiger partial charge < -0.3 is 5.73 Å². The zero-order chi connectivity index (χ0) is 10.1. The molecule has 0 aliphatic rings. The molecule has 0 aliphatic heterocycles. The van der Waals surface area contributed by atoms with Gasteiger partial charge in [0, 0.05) is 19.3 Å². The number of ketones is 1.